The summed E-state index contributed by atoms with van der Waals surface area (Å²) >= 11 is 0. The molecule has 0 aliphatic carbocycles. The molecule has 2 aromatic rings. The third-order valence-corrected chi connectivity index (χ3v) is 4.66. The monoisotopic (exact) mass is 318 g/mol. The Labute approximate surface area is 128 Å². The third-order valence-electron chi connectivity index (χ3n) is 3.22. The van der Waals surface area contributed by atoms with Crippen molar-refractivity contribution in [2.75, 3.05) is 11.9 Å². The van der Waals surface area contributed by atoms with Crippen LogP contribution in [0.25, 0.3) is 0 Å². The van der Waals surface area contributed by atoms with Gasteiger partial charge in [-0.2, -0.15) is 0 Å². The van der Waals surface area contributed by atoms with Crippen LogP contribution in [0, 0.1) is 0 Å². The molecule has 0 bridgehead atoms. The van der Waals surface area contributed by atoms with Gasteiger partial charge in [-0.25, -0.2) is 13.1 Å². The van der Waals surface area contributed by atoms with Crippen molar-refractivity contribution in [1.82, 2.24) is 4.72 Å². The number of benzene rings is 2. The highest BCUT2D eigenvalue weighted by atomic mass is 32.2. The third kappa shape index (κ3) is 2.95. The molecule has 1 aliphatic heterocycles. The Balaban J connectivity index is 1.71. The quantitative estimate of drug-likeness (QED) is 0.891. The average molecular weight is 318 g/mol. The number of ether oxygens (including phenoxy) is 1. The average Bonchev–Trinajstić information content (AvgIpc) is 2.54. The first kappa shape index (κ1) is 14.6. The van der Waals surface area contributed by atoms with Crippen LogP contribution in [0.15, 0.2) is 59.5 Å². The first-order valence-electron chi connectivity index (χ1n) is 6.67. The molecule has 1 amide bonds. The molecule has 1 atom stereocenters. The molecule has 0 saturated heterocycles. The Morgan fingerprint density at radius 3 is 2.50 bits per heavy atom. The highest BCUT2D eigenvalue weighted by Crippen LogP contribution is 2.28. The van der Waals surface area contributed by atoms with Crippen LogP contribution in [-0.4, -0.2) is 27.0 Å². The predicted octanol–water partition coefficient (Wildman–Crippen LogP) is 1.36. The molecule has 3 rings (SSSR count). The molecular formula is C15H14N2O4S. The van der Waals surface area contributed by atoms with E-state index in [-0.39, 0.29) is 17.3 Å². The van der Waals surface area contributed by atoms with Crippen molar-refractivity contribution >= 4 is 21.6 Å². The predicted molar refractivity (Wildman–Crippen MR) is 81.1 cm³/mol. The molecule has 22 heavy (non-hydrogen) atoms. The molecule has 6 nitrogen and oxygen atoms in total. The number of hydrogen-bond donors (Lipinski definition) is 2. The molecule has 7 heteroatoms. The number of para-hydroxylation sites is 2. The molecule has 0 aromatic heterocycles. The van der Waals surface area contributed by atoms with Crippen LogP contribution in [0.5, 0.6) is 5.75 Å². The Kier molecular flexibility index (Phi) is 3.82. The van der Waals surface area contributed by atoms with Gasteiger partial charge in [0.05, 0.1) is 17.1 Å². The topological polar surface area (TPSA) is 84.5 Å². The van der Waals surface area contributed by atoms with E-state index in [1.807, 2.05) is 0 Å². The zero-order chi connectivity index (χ0) is 15.6. The van der Waals surface area contributed by atoms with Crippen LogP contribution < -0.4 is 14.8 Å². The fourth-order valence-electron chi connectivity index (χ4n) is 2.10. The maximum atomic E-state index is 12.1. The van der Waals surface area contributed by atoms with Crippen LogP contribution in [0.2, 0.25) is 0 Å². The SMILES string of the molecule is O=C1Nc2ccccc2OC1CNS(=O)(=O)c1ccccc1. The van der Waals surface area contributed by atoms with E-state index in [0.717, 1.165) is 0 Å². The van der Waals surface area contributed by atoms with E-state index < -0.39 is 16.1 Å². The van der Waals surface area contributed by atoms with Gasteiger partial charge in [0.1, 0.15) is 5.75 Å². The second-order valence-corrected chi connectivity index (χ2v) is 6.52. The summed E-state index contributed by atoms with van der Waals surface area (Å²) in [7, 11) is -3.67. The van der Waals surface area contributed by atoms with Gasteiger partial charge in [-0.3, -0.25) is 4.79 Å². The highest BCUT2D eigenvalue weighted by Gasteiger charge is 2.28. The van der Waals surface area contributed by atoms with Crippen molar-refractivity contribution in [1.29, 1.82) is 0 Å². The molecule has 2 N–H and O–H groups in total. The smallest absolute Gasteiger partial charge is 0.266 e. The molecule has 0 spiro atoms. The van der Waals surface area contributed by atoms with Gasteiger partial charge in [-0.1, -0.05) is 30.3 Å². The summed E-state index contributed by atoms with van der Waals surface area (Å²) in [6.45, 7) is -0.141. The summed E-state index contributed by atoms with van der Waals surface area (Å²) in [5.74, 6) is 0.139. The van der Waals surface area contributed by atoms with E-state index in [1.54, 1.807) is 42.5 Å². The lowest BCUT2D eigenvalue weighted by molar-refractivity contribution is -0.123. The number of amides is 1. The standard InChI is InChI=1S/C15H14N2O4S/c18-15-14(21-13-9-5-4-8-12(13)17-15)10-16-22(19,20)11-6-2-1-3-7-11/h1-9,14,16H,10H2,(H,17,18). The molecule has 0 fully saturated rings. The Hall–Kier alpha value is -2.38. The minimum absolute atomic E-state index is 0.141. The van der Waals surface area contributed by atoms with Crippen molar-refractivity contribution in [3.8, 4) is 5.75 Å². The number of nitrogens with one attached hydrogen (secondary N) is 2. The van der Waals surface area contributed by atoms with E-state index in [0.29, 0.717) is 11.4 Å². The van der Waals surface area contributed by atoms with E-state index in [1.165, 1.54) is 12.1 Å². The van der Waals surface area contributed by atoms with E-state index in [9.17, 15) is 13.2 Å². The van der Waals surface area contributed by atoms with Crippen molar-refractivity contribution in [3.63, 3.8) is 0 Å². The zero-order valence-electron chi connectivity index (χ0n) is 11.5. The maximum Gasteiger partial charge on any atom is 0.266 e. The number of fused-ring (bicyclic) bond motifs is 1. The Morgan fingerprint density at radius 1 is 1.05 bits per heavy atom. The number of hydrogen-bond acceptors (Lipinski definition) is 4. The van der Waals surface area contributed by atoms with Crippen LogP contribution in [-0.2, 0) is 14.8 Å². The molecule has 1 heterocycles. The van der Waals surface area contributed by atoms with Crippen molar-refractivity contribution in [2.45, 2.75) is 11.0 Å². The minimum Gasteiger partial charge on any atom is -0.477 e. The minimum atomic E-state index is -3.67. The van der Waals surface area contributed by atoms with Crippen molar-refractivity contribution in [2.24, 2.45) is 0 Å². The summed E-state index contributed by atoms with van der Waals surface area (Å²) < 4.78 is 32.2. The van der Waals surface area contributed by atoms with Gasteiger partial charge in [-0.15, -0.1) is 0 Å². The Bertz CT molecular complexity index is 790. The van der Waals surface area contributed by atoms with Crippen molar-refractivity contribution < 1.29 is 17.9 Å². The van der Waals surface area contributed by atoms with Crippen LogP contribution in [0.3, 0.4) is 0 Å². The van der Waals surface area contributed by atoms with Gasteiger partial charge in [0, 0.05) is 0 Å². The van der Waals surface area contributed by atoms with Crippen LogP contribution in [0.1, 0.15) is 0 Å². The fraction of sp³-hybridized carbons (Fsp3) is 0.133. The molecule has 114 valence electrons. The zero-order valence-corrected chi connectivity index (χ0v) is 12.3. The van der Waals surface area contributed by atoms with Gasteiger partial charge in [0.15, 0.2) is 6.10 Å². The van der Waals surface area contributed by atoms with Crippen LogP contribution in [0.4, 0.5) is 5.69 Å². The lowest BCUT2D eigenvalue weighted by atomic mass is 10.2. The summed E-state index contributed by atoms with van der Waals surface area (Å²) in [6.07, 6.45) is -0.909. The van der Waals surface area contributed by atoms with E-state index in [2.05, 4.69) is 10.0 Å². The number of rotatable bonds is 4. The van der Waals surface area contributed by atoms with Gasteiger partial charge in [0.2, 0.25) is 10.0 Å². The van der Waals surface area contributed by atoms with Gasteiger partial charge < -0.3 is 10.1 Å². The second kappa shape index (κ2) is 5.78. The number of carbonyl (C=O) groups excluding carboxylic acids is 1. The van der Waals surface area contributed by atoms with E-state index >= 15 is 0 Å². The lowest BCUT2D eigenvalue weighted by Gasteiger charge is -2.25. The summed E-state index contributed by atoms with van der Waals surface area (Å²) in [5.41, 5.74) is 0.578. The first-order chi connectivity index (χ1) is 10.6. The van der Waals surface area contributed by atoms with Gasteiger partial charge in [-0.05, 0) is 24.3 Å². The molecule has 1 aliphatic rings. The van der Waals surface area contributed by atoms with E-state index in [4.69, 9.17) is 4.74 Å². The van der Waals surface area contributed by atoms with Gasteiger partial charge in [0.25, 0.3) is 5.91 Å². The molecular weight excluding hydrogens is 304 g/mol. The van der Waals surface area contributed by atoms with Crippen LogP contribution >= 0.6 is 0 Å². The largest absolute Gasteiger partial charge is 0.477 e. The normalized spacial score (nSPS) is 17.3. The molecule has 1 unspecified atom stereocenters. The first-order valence-corrected chi connectivity index (χ1v) is 8.16. The number of carbonyl (C=O) groups is 1. The molecule has 0 radical (unpaired) electrons. The summed E-state index contributed by atoms with van der Waals surface area (Å²) in [4.78, 5) is 12.1. The Morgan fingerprint density at radius 2 is 1.73 bits per heavy atom. The van der Waals surface area contributed by atoms with Crippen molar-refractivity contribution in [3.05, 3.63) is 54.6 Å². The second-order valence-electron chi connectivity index (χ2n) is 4.76. The number of anilines is 1. The summed E-state index contributed by atoms with van der Waals surface area (Å²) in [5, 5.41) is 2.69. The molecule has 0 saturated carbocycles. The highest BCUT2D eigenvalue weighted by molar-refractivity contribution is 7.89. The number of sulfonamides is 1. The summed E-state index contributed by atoms with van der Waals surface area (Å²) in [6, 6.07) is 15.0. The molecule has 2 aromatic carbocycles. The maximum absolute atomic E-state index is 12.1. The lowest BCUT2D eigenvalue weighted by Crippen LogP contribution is -2.45. The fourth-order valence-corrected chi connectivity index (χ4v) is 3.15. The van der Waals surface area contributed by atoms with Gasteiger partial charge >= 0.3 is 0 Å².